The summed E-state index contributed by atoms with van der Waals surface area (Å²) in [6, 6.07) is 9.25. The van der Waals surface area contributed by atoms with E-state index in [9.17, 15) is 9.59 Å². The van der Waals surface area contributed by atoms with Gasteiger partial charge >= 0.3 is 0 Å². The van der Waals surface area contributed by atoms with Crippen LogP contribution in [-0.2, 0) is 6.42 Å². The minimum absolute atomic E-state index is 0.183. The van der Waals surface area contributed by atoms with Crippen molar-refractivity contribution in [2.45, 2.75) is 19.3 Å². The molecular weight excluding hydrogens is 254 g/mol. The summed E-state index contributed by atoms with van der Waals surface area (Å²) >= 11 is 0. The average molecular weight is 269 g/mol. The van der Waals surface area contributed by atoms with Crippen LogP contribution in [0.25, 0.3) is 10.8 Å². The second kappa shape index (κ2) is 5.06. The smallest absolute Gasteiger partial charge is 0.258 e. The van der Waals surface area contributed by atoms with Gasteiger partial charge in [0.2, 0.25) is 0 Å². The van der Waals surface area contributed by atoms with Crippen molar-refractivity contribution in [3.63, 3.8) is 0 Å². The Hall–Kier alpha value is -2.20. The monoisotopic (exact) mass is 269 g/mol. The summed E-state index contributed by atoms with van der Waals surface area (Å²) in [6.45, 7) is 0.183. The lowest BCUT2D eigenvalue weighted by Crippen LogP contribution is -2.34. The molecule has 4 nitrogen and oxygen atoms in total. The summed E-state index contributed by atoms with van der Waals surface area (Å²) in [5.74, 6) is -0.666. The van der Waals surface area contributed by atoms with Crippen LogP contribution in [-0.4, -0.2) is 23.5 Å². The molecule has 1 heterocycles. The number of amides is 2. The average Bonchev–Trinajstić information content (AvgIpc) is 2.45. The summed E-state index contributed by atoms with van der Waals surface area (Å²) in [6.07, 6.45) is 2.47. The first-order chi connectivity index (χ1) is 9.72. The Kier molecular flexibility index (Phi) is 3.24. The predicted octanol–water partition coefficient (Wildman–Crippen LogP) is 2.04. The summed E-state index contributed by atoms with van der Waals surface area (Å²) in [4.78, 5) is 23.8. The molecule has 0 aliphatic carbocycles. The van der Waals surface area contributed by atoms with Gasteiger partial charge in [0.25, 0.3) is 11.8 Å². The number of aliphatic hydroxyl groups excluding tert-OH is 1. The van der Waals surface area contributed by atoms with Crippen LogP contribution in [0.3, 0.4) is 0 Å². The lowest BCUT2D eigenvalue weighted by atomic mass is 9.91. The molecule has 0 fully saturated rings. The standard InChI is InChI=1S/C16H15NO3/c18-9-2-1-4-10-7-8-13-14-11(10)5-3-6-12(14)15(19)17-16(13)20/h3,5-8,18H,1-2,4,9H2,(H,17,19,20). The number of nitrogens with one attached hydrogen (secondary N) is 1. The molecule has 0 atom stereocenters. The van der Waals surface area contributed by atoms with Crippen molar-refractivity contribution < 1.29 is 14.7 Å². The van der Waals surface area contributed by atoms with Crippen LogP contribution in [0.5, 0.6) is 0 Å². The van der Waals surface area contributed by atoms with E-state index in [0.717, 1.165) is 35.6 Å². The Bertz CT molecular complexity index is 686. The number of hydrogen-bond donors (Lipinski definition) is 2. The zero-order valence-corrected chi connectivity index (χ0v) is 11.0. The van der Waals surface area contributed by atoms with Crippen molar-refractivity contribution in [2.75, 3.05) is 6.61 Å². The molecule has 2 N–H and O–H groups in total. The van der Waals surface area contributed by atoms with E-state index in [1.165, 1.54) is 0 Å². The number of aliphatic hydroxyl groups is 1. The first kappa shape index (κ1) is 12.8. The van der Waals surface area contributed by atoms with Gasteiger partial charge in [-0.25, -0.2) is 0 Å². The lowest BCUT2D eigenvalue weighted by molar-refractivity contribution is 0.0845. The number of aryl methyl sites for hydroxylation is 1. The highest BCUT2D eigenvalue weighted by molar-refractivity contribution is 6.25. The van der Waals surface area contributed by atoms with E-state index in [1.807, 2.05) is 18.2 Å². The molecule has 4 heteroatoms. The molecule has 1 aliphatic rings. The van der Waals surface area contributed by atoms with Crippen LogP contribution >= 0.6 is 0 Å². The molecule has 0 spiro atoms. The first-order valence-electron chi connectivity index (χ1n) is 6.73. The Labute approximate surface area is 116 Å². The molecule has 0 aromatic heterocycles. The van der Waals surface area contributed by atoms with Crippen molar-refractivity contribution >= 4 is 22.6 Å². The molecule has 0 unspecified atom stereocenters. The van der Waals surface area contributed by atoms with E-state index in [-0.39, 0.29) is 18.4 Å². The number of imide groups is 1. The highest BCUT2D eigenvalue weighted by atomic mass is 16.3. The SMILES string of the molecule is O=C1NC(=O)c2ccc(CCCCO)c3cccc1c23. The molecule has 0 saturated carbocycles. The van der Waals surface area contributed by atoms with Gasteiger partial charge in [0, 0.05) is 23.1 Å². The van der Waals surface area contributed by atoms with Crippen LogP contribution in [0.2, 0.25) is 0 Å². The zero-order chi connectivity index (χ0) is 14.1. The maximum absolute atomic E-state index is 11.9. The number of carbonyl (C=O) groups is 2. The number of hydrogen-bond acceptors (Lipinski definition) is 3. The highest BCUT2D eigenvalue weighted by Crippen LogP contribution is 2.29. The van der Waals surface area contributed by atoms with Crippen molar-refractivity contribution in [1.82, 2.24) is 5.32 Å². The number of unbranched alkanes of at least 4 members (excludes halogenated alkanes) is 1. The normalized spacial score (nSPS) is 13.7. The minimum Gasteiger partial charge on any atom is -0.396 e. The van der Waals surface area contributed by atoms with E-state index in [2.05, 4.69) is 5.32 Å². The Balaban J connectivity index is 2.16. The second-order valence-corrected chi connectivity index (χ2v) is 4.96. The summed E-state index contributed by atoms with van der Waals surface area (Å²) in [5, 5.41) is 12.9. The van der Waals surface area contributed by atoms with Gasteiger partial charge in [-0.15, -0.1) is 0 Å². The number of rotatable bonds is 4. The van der Waals surface area contributed by atoms with E-state index >= 15 is 0 Å². The molecule has 0 bridgehead atoms. The minimum atomic E-state index is -0.333. The van der Waals surface area contributed by atoms with Crippen molar-refractivity contribution in [2.24, 2.45) is 0 Å². The molecule has 1 aliphatic heterocycles. The summed E-state index contributed by atoms with van der Waals surface area (Å²) in [5.41, 5.74) is 2.23. The summed E-state index contributed by atoms with van der Waals surface area (Å²) in [7, 11) is 0. The predicted molar refractivity (Wildman–Crippen MR) is 75.8 cm³/mol. The topological polar surface area (TPSA) is 66.4 Å². The molecule has 0 radical (unpaired) electrons. The Morgan fingerprint density at radius 3 is 2.45 bits per heavy atom. The van der Waals surface area contributed by atoms with Gasteiger partial charge in [-0.2, -0.15) is 0 Å². The number of benzene rings is 2. The van der Waals surface area contributed by atoms with E-state index in [4.69, 9.17) is 5.11 Å². The van der Waals surface area contributed by atoms with Gasteiger partial charge in [-0.05, 0) is 42.3 Å². The van der Waals surface area contributed by atoms with E-state index in [1.54, 1.807) is 12.1 Å². The van der Waals surface area contributed by atoms with Gasteiger partial charge < -0.3 is 5.11 Å². The van der Waals surface area contributed by atoms with Gasteiger partial charge in [-0.3, -0.25) is 14.9 Å². The third-order valence-corrected chi connectivity index (χ3v) is 3.70. The van der Waals surface area contributed by atoms with Crippen LogP contribution in [0.1, 0.15) is 39.1 Å². The summed E-state index contributed by atoms with van der Waals surface area (Å²) < 4.78 is 0. The van der Waals surface area contributed by atoms with Gasteiger partial charge in [0.15, 0.2) is 0 Å². The fraction of sp³-hybridized carbons (Fsp3) is 0.250. The Morgan fingerprint density at radius 2 is 1.70 bits per heavy atom. The third-order valence-electron chi connectivity index (χ3n) is 3.70. The molecular formula is C16H15NO3. The van der Waals surface area contributed by atoms with Gasteiger partial charge in [-0.1, -0.05) is 18.2 Å². The quantitative estimate of drug-likeness (QED) is 0.659. The van der Waals surface area contributed by atoms with Gasteiger partial charge in [0.05, 0.1) is 0 Å². The lowest BCUT2D eigenvalue weighted by Gasteiger charge is -2.18. The third kappa shape index (κ3) is 1.98. The molecule has 2 aromatic carbocycles. The molecule has 2 aromatic rings. The van der Waals surface area contributed by atoms with Crippen LogP contribution < -0.4 is 5.32 Å². The maximum Gasteiger partial charge on any atom is 0.258 e. The first-order valence-corrected chi connectivity index (χ1v) is 6.73. The molecule has 0 saturated heterocycles. The molecule has 20 heavy (non-hydrogen) atoms. The van der Waals surface area contributed by atoms with Crippen LogP contribution in [0, 0.1) is 0 Å². The van der Waals surface area contributed by atoms with Crippen molar-refractivity contribution in [3.8, 4) is 0 Å². The molecule has 2 amide bonds. The maximum atomic E-state index is 11.9. The van der Waals surface area contributed by atoms with E-state index < -0.39 is 0 Å². The largest absolute Gasteiger partial charge is 0.396 e. The van der Waals surface area contributed by atoms with Crippen LogP contribution in [0.4, 0.5) is 0 Å². The molecule has 3 rings (SSSR count). The fourth-order valence-corrected chi connectivity index (χ4v) is 2.73. The fourth-order valence-electron chi connectivity index (χ4n) is 2.73. The van der Waals surface area contributed by atoms with Crippen molar-refractivity contribution in [1.29, 1.82) is 0 Å². The van der Waals surface area contributed by atoms with E-state index in [0.29, 0.717) is 11.1 Å². The number of carbonyl (C=O) groups excluding carboxylic acids is 2. The zero-order valence-electron chi connectivity index (χ0n) is 11.0. The van der Waals surface area contributed by atoms with Crippen LogP contribution in [0.15, 0.2) is 30.3 Å². The second-order valence-electron chi connectivity index (χ2n) is 4.96. The van der Waals surface area contributed by atoms with Gasteiger partial charge in [0.1, 0.15) is 0 Å². The highest BCUT2D eigenvalue weighted by Gasteiger charge is 2.25. The Morgan fingerprint density at radius 1 is 0.950 bits per heavy atom. The molecule has 102 valence electrons. The van der Waals surface area contributed by atoms with Crippen molar-refractivity contribution in [3.05, 3.63) is 47.0 Å².